The molecule has 0 bridgehead atoms. The van der Waals surface area contributed by atoms with Gasteiger partial charge in [-0.15, -0.1) is 0 Å². The maximum atomic E-state index is 10.3. The zero-order valence-corrected chi connectivity index (χ0v) is 16.4. The summed E-state index contributed by atoms with van der Waals surface area (Å²) in [6, 6.07) is 0. The van der Waals surface area contributed by atoms with Crippen LogP contribution in [0.1, 0.15) is 96.8 Å². The van der Waals surface area contributed by atoms with Crippen molar-refractivity contribution in [1.82, 2.24) is 0 Å². The van der Waals surface area contributed by atoms with E-state index in [1.165, 1.54) is 70.6 Å². The Bertz CT molecular complexity index is 184. The molecule has 2 nitrogen and oxygen atoms in total. The Morgan fingerprint density at radius 2 is 1.00 bits per heavy atom. The van der Waals surface area contributed by atoms with Crippen molar-refractivity contribution in [3.8, 4) is 0 Å². The minimum absolute atomic E-state index is 0. The molecule has 3 heteroatoms. The molecule has 110 valence electrons. The van der Waals surface area contributed by atoms with Crippen molar-refractivity contribution in [1.29, 1.82) is 0 Å². The van der Waals surface area contributed by atoms with Gasteiger partial charge < -0.3 is 5.11 Å². The van der Waals surface area contributed by atoms with Crippen molar-refractivity contribution in [3.63, 3.8) is 0 Å². The molecule has 0 saturated heterocycles. The summed E-state index contributed by atoms with van der Waals surface area (Å²) in [5, 5.41) is 8.49. The van der Waals surface area contributed by atoms with Crippen LogP contribution in [0.5, 0.6) is 0 Å². The van der Waals surface area contributed by atoms with E-state index in [2.05, 4.69) is 6.92 Å². The third-order valence-corrected chi connectivity index (χ3v) is 3.49. The summed E-state index contributed by atoms with van der Waals surface area (Å²) in [5.41, 5.74) is 0. The zero-order chi connectivity index (χ0) is 13.5. The second-order valence-electron chi connectivity index (χ2n) is 5.39. The number of carboxylic acid groups (broad SMARTS) is 1. The number of hydrogen-bond acceptors (Lipinski definition) is 1. The van der Waals surface area contributed by atoms with Crippen LogP contribution in [0.15, 0.2) is 0 Å². The van der Waals surface area contributed by atoms with Gasteiger partial charge in [-0.1, -0.05) is 84.0 Å². The molecule has 0 fully saturated rings. The van der Waals surface area contributed by atoms with Crippen molar-refractivity contribution in [2.45, 2.75) is 96.8 Å². The molecule has 0 unspecified atom stereocenters. The van der Waals surface area contributed by atoms with Crippen LogP contribution < -0.4 is 0 Å². The fraction of sp³-hybridized carbons (Fsp3) is 0.938. The first-order valence-electron chi connectivity index (χ1n) is 7.99. The smallest absolute Gasteiger partial charge is 0.303 e. The summed E-state index contributed by atoms with van der Waals surface area (Å²) in [4.78, 5) is 10.3. The van der Waals surface area contributed by atoms with Gasteiger partial charge >= 0.3 is 5.97 Å². The largest absolute Gasteiger partial charge is 0.481 e. The normalized spacial score (nSPS) is 10.2. The monoisotopic (exact) mass is 344 g/mol. The summed E-state index contributed by atoms with van der Waals surface area (Å²) in [5.74, 6) is -0.655. The zero-order valence-electron chi connectivity index (χ0n) is 13.0. The van der Waals surface area contributed by atoms with E-state index in [1.54, 1.807) is 0 Å². The molecule has 2 radical (unpaired) electrons. The van der Waals surface area contributed by atoms with Crippen LogP contribution in [0.25, 0.3) is 0 Å². The van der Waals surface area contributed by atoms with E-state index in [0.717, 1.165) is 12.8 Å². The van der Waals surface area contributed by atoms with Crippen molar-refractivity contribution >= 4 is 51.5 Å². The van der Waals surface area contributed by atoms with Gasteiger partial charge in [-0.25, -0.2) is 0 Å². The van der Waals surface area contributed by atoms with Gasteiger partial charge in [0.05, 0.1) is 0 Å². The third-order valence-electron chi connectivity index (χ3n) is 3.49. The third kappa shape index (κ3) is 21.4. The first-order chi connectivity index (χ1) is 8.77. The number of rotatable bonds is 14. The molecule has 0 heterocycles. The topological polar surface area (TPSA) is 37.3 Å². The van der Waals surface area contributed by atoms with Gasteiger partial charge in [0.15, 0.2) is 0 Å². The van der Waals surface area contributed by atoms with E-state index in [4.69, 9.17) is 5.11 Å². The summed E-state index contributed by atoms with van der Waals surface area (Å²) in [6.45, 7) is 2.26. The van der Waals surface area contributed by atoms with Crippen LogP contribution in [-0.2, 0) is 4.79 Å². The van der Waals surface area contributed by atoms with Crippen molar-refractivity contribution in [2.24, 2.45) is 0 Å². The quantitative estimate of drug-likeness (QED) is 0.349. The van der Waals surface area contributed by atoms with Crippen LogP contribution >= 0.6 is 0 Å². The fourth-order valence-corrected chi connectivity index (χ4v) is 2.29. The molecule has 1 N–H and O–H groups in total. The van der Waals surface area contributed by atoms with E-state index < -0.39 is 5.97 Å². The maximum absolute atomic E-state index is 10.3. The van der Waals surface area contributed by atoms with E-state index in [9.17, 15) is 4.79 Å². The predicted molar refractivity (Wildman–Crippen MR) is 83.7 cm³/mol. The minimum atomic E-state index is -0.655. The molecule has 0 aromatic rings. The summed E-state index contributed by atoms with van der Waals surface area (Å²) in [6.07, 6.45) is 17.3. The molecule has 0 aromatic carbocycles. The molecular formula is C16H32O2Sr. The van der Waals surface area contributed by atoms with E-state index in [-0.39, 0.29) is 45.5 Å². The first-order valence-corrected chi connectivity index (χ1v) is 7.99. The second kappa shape index (κ2) is 19.0. The van der Waals surface area contributed by atoms with Gasteiger partial charge in [0, 0.05) is 51.9 Å². The second-order valence-corrected chi connectivity index (χ2v) is 5.39. The Morgan fingerprint density at radius 1 is 0.684 bits per heavy atom. The number of hydrogen-bond donors (Lipinski definition) is 1. The molecule has 0 saturated carbocycles. The first kappa shape index (κ1) is 22.2. The predicted octanol–water partition coefficient (Wildman–Crippen LogP) is 5.17. The minimum Gasteiger partial charge on any atom is -0.481 e. The van der Waals surface area contributed by atoms with E-state index in [1.807, 2.05) is 0 Å². The summed E-state index contributed by atoms with van der Waals surface area (Å²) >= 11 is 0. The van der Waals surface area contributed by atoms with Gasteiger partial charge in [-0.2, -0.15) is 0 Å². The SMILES string of the molecule is CCCCCCCCCCCCCCCC(=O)O.[Sr]. The Hall–Kier alpha value is 0.951. The van der Waals surface area contributed by atoms with Gasteiger partial charge in [0.1, 0.15) is 0 Å². The molecule has 0 atom stereocenters. The Balaban J connectivity index is 0. The van der Waals surface area contributed by atoms with Crippen LogP contribution in [0.2, 0.25) is 0 Å². The van der Waals surface area contributed by atoms with Gasteiger partial charge in [0.25, 0.3) is 0 Å². The molecule has 0 rings (SSSR count). The van der Waals surface area contributed by atoms with Crippen molar-refractivity contribution in [2.75, 3.05) is 0 Å². The van der Waals surface area contributed by atoms with Gasteiger partial charge in [0.2, 0.25) is 0 Å². The molecule has 0 amide bonds. The molecule has 0 aromatic heterocycles. The van der Waals surface area contributed by atoms with Crippen LogP contribution in [0.4, 0.5) is 0 Å². The Kier molecular flexibility index (Phi) is 22.2. The molecule has 0 aliphatic rings. The molecule has 0 spiro atoms. The molecule has 0 aliphatic heterocycles. The molecule has 0 aliphatic carbocycles. The number of unbranched alkanes of at least 4 members (excludes halogenated alkanes) is 12. The van der Waals surface area contributed by atoms with Crippen LogP contribution in [0.3, 0.4) is 0 Å². The number of carboxylic acids is 1. The Morgan fingerprint density at radius 3 is 1.32 bits per heavy atom. The summed E-state index contributed by atoms with van der Waals surface area (Å²) in [7, 11) is 0. The van der Waals surface area contributed by atoms with Crippen molar-refractivity contribution < 1.29 is 9.90 Å². The summed E-state index contributed by atoms with van der Waals surface area (Å²) < 4.78 is 0. The fourth-order valence-electron chi connectivity index (χ4n) is 2.29. The standard InChI is InChI=1S/C16H32O2.Sr/c1-2-3-4-5-6-7-8-9-10-11-12-13-14-15-16(17)18;/h2-15H2,1H3,(H,17,18);. The number of aliphatic carboxylic acids is 1. The molecule has 19 heavy (non-hydrogen) atoms. The van der Waals surface area contributed by atoms with Crippen LogP contribution in [-0.4, -0.2) is 56.6 Å². The van der Waals surface area contributed by atoms with Crippen molar-refractivity contribution in [3.05, 3.63) is 0 Å². The van der Waals surface area contributed by atoms with Gasteiger partial charge in [-0.3, -0.25) is 4.79 Å². The van der Waals surface area contributed by atoms with Crippen LogP contribution in [0, 0.1) is 0 Å². The van der Waals surface area contributed by atoms with E-state index in [0.29, 0.717) is 6.42 Å². The maximum Gasteiger partial charge on any atom is 0.303 e. The van der Waals surface area contributed by atoms with E-state index >= 15 is 0 Å². The average Bonchev–Trinajstić information content (AvgIpc) is 2.34. The van der Waals surface area contributed by atoms with Gasteiger partial charge in [-0.05, 0) is 6.42 Å². The molecular weight excluding hydrogens is 312 g/mol. The average molecular weight is 344 g/mol. The Labute approximate surface area is 157 Å². The number of carbonyl (C=O) groups is 1.